The Morgan fingerprint density at radius 2 is 2.31 bits per heavy atom. The number of hydrogen-bond acceptors (Lipinski definition) is 1. The average Bonchev–Trinajstić information content (AvgIpc) is 2.44. The molecule has 2 heteroatoms. The molecule has 0 aromatic heterocycles. The summed E-state index contributed by atoms with van der Waals surface area (Å²) < 4.78 is 0. The third-order valence-electron chi connectivity index (χ3n) is 2.94. The summed E-state index contributed by atoms with van der Waals surface area (Å²) in [6.07, 6.45) is 7.32. The van der Waals surface area contributed by atoms with Crippen LogP contribution in [0.3, 0.4) is 0 Å². The molecule has 1 amide bonds. The maximum atomic E-state index is 11.6. The first kappa shape index (κ1) is 10.1. The molecular weight excluding hydrogens is 162 g/mol. The van der Waals surface area contributed by atoms with Gasteiger partial charge in [-0.25, -0.2) is 0 Å². The van der Waals surface area contributed by atoms with Crippen LogP contribution in [0.1, 0.15) is 33.1 Å². The van der Waals surface area contributed by atoms with Gasteiger partial charge in [0.2, 0.25) is 5.91 Å². The zero-order valence-corrected chi connectivity index (χ0v) is 8.42. The minimum Gasteiger partial charge on any atom is -0.340 e. The van der Waals surface area contributed by atoms with Gasteiger partial charge in [0, 0.05) is 25.4 Å². The molecule has 13 heavy (non-hydrogen) atoms. The first-order valence-electron chi connectivity index (χ1n) is 4.89. The molecule has 1 aliphatic rings. The maximum absolute atomic E-state index is 11.6. The van der Waals surface area contributed by atoms with Gasteiger partial charge in [0.05, 0.1) is 0 Å². The molecule has 1 fully saturated rings. The van der Waals surface area contributed by atoms with E-state index in [-0.39, 0.29) is 5.91 Å². The second-order valence-corrected chi connectivity index (χ2v) is 3.80. The van der Waals surface area contributed by atoms with Gasteiger partial charge < -0.3 is 4.90 Å². The monoisotopic (exact) mass is 179 g/mol. The number of carbonyl (C=O) groups excluding carboxylic acids is 1. The van der Waals surface area contributed by atoms with Crippen molar-refractivity contribution in [3.63, 3.8) is 0 Å². The number of terminal acetylenes is 1. The fourth-order valence-corrected chi connectivity index (χ4v) is 1.77. The van der Waals surface area contributed by atoms with Gasteiger partial charge in [-0.1, -0.05) is 6.92 Å². The predicted octanol–water partition coefficient (Wildman–Crippen LogP) is 1.66. The molecule has 0 bridgehead atoms. The molecule has 1 rings (SSSR count). The summed E-state index contributed by atoms with van der Waals surface area (Å²) in [5.74, 6) is 3.35. The van der Waals surface area contributed by atoms with Gasteiger partial charge in [0.25, 0.3) is 0 Å². The largest absolute Gasteiger partial charge is 0.340 e. The molecule has 0 N–H and O–H groups in total. The van der Waals surface area contributed by atoms with Crippen LogP contribution in [0.25, 0.3) is 0 Å². The Kier molecular flexibility index (Phi) is 3.36. The van der Waals surface area contributed by atoms with Crippen LogP contribution in [-0.2, 0) is 4.79 Å². The van der Waals surface area contributed by atoms with Crippen LogP contribution in [0.5, 0.6) is 0 Å². The van der Waals surface area contributed by atoms with Gasteiger partial charge in [-0.2, -0.15) is 0 Å². The Hall–Kier alpha value is -0.970. The van der Waals surface area contributed by atoms with Gasteiger partial charge >= 0.3 is 0 Å². The molecule has 0 saturated carbocycles. The molecule has 72 valence electrons. The fourth-order valence-electron chi connectivity index (χ4n) is 1.77. The smallest absolute Gasteiger partial charge is 0.223 e. The topological polar surface area (TPSA) is 20.3 Å². The molecule has 1 aliphatic heterocycles. The summed E-state index contributed by atoms with van der Waals surface area (Å²) in [5.41, 5.74) is 0. The first-order valence-corrected chi connectivity index (χ1v) is 4.89. The highest BCUT2D eigenvalue weighted by Crippen LogP contribution is 2.23. The SMILES string of the molecule is C#CCCC(=O)N1CCC(C)C1C. The van der Waals surface area contributed by atoms with Gasteiger partial charge in [-0.3, -0.25) is 4.79 Å². The maximum Gasteiger partial charge on any atom is 0.223 e. The number of nitrogens with zero attached hydrogens (tertiary/aromatic N) is 1. The third kappa shape index (κ3) is 2.24. The van der Waals surface area contributed by atoms with Crippen LogP contribution in [0.2, 0.25) is 0 Å². The lowest BCUT2D eigenvalue weighted by molar-refractivity contribution is -0.131. The standard InChI is InChI=1S/C11H17NO/c1-4-5-6-11(13)12-8-7-9(2)10(12)3/h1,9-10H,5-8H2,2-3H3. The Morgan fingerprint density at radius 1 is 1.62 bits per heavy atom. The summed E-state index contributed by atoms with van der Waals surface area (Å²) in [4.78, 5) is 13.6. The van der Waals surface area contributed by atoms with Crippen molar-refractivity contribution in [3.05, 3.63) is 0 Å². The second-order valence-electron chi connectivity index (χ2n) is 3.80. The lowest BCUT2D eigenvalue weighted by Crippen LogP contribution is -2.35. The van der Waals surface area contributed by atoms with E-state index < -0.39 is 0 Å². The Balaban J connectivity index is 2.44. The summed E-state index contributed by atoms with van der Waals surface area (Å²) in [7, 11) is 0. The summed E-state index contributed by atoms with van der Waals surface area (Å²) >= 11 is 0. The van der Waals surface area contributed by atoms with Crippen LogP contribution in [0, 0.1) is 18.3 Å². The van der Waals surface area contributed by atoms with Gasteiger partial charge in [0.1, 0.15) is 0 Å². The van der Waals surface area contributed by atoms with E-state index >= 15 is 0 Å². The fraction of sp³-hybridized carbons (Fsp3) is 0.727. The highest BCUT2D eigenvalue weighted by atomic mass is 16.2. The van der Waals surface area contributed by atoms with Crippen molar-refractivity contribution < 1.29 is 4.79 Å². The van der Waals surface area contributed by atoms with E-state index in [1.54, 1.807) is 0 Å². The van der Waals surface area contributed by atoms with Crippen molar-refractivity contribution in [2.24, 2.45) is 5.92 Å². The third-order valence-corrected chi connectivity index (χ3v) is 2.94. The zero-order valence-electron chi connectivity index (χ0n) is 8.42. The van der Waals surface area contributed by atoms with Crippen LogP contribution < -0.4 is 0 Å². The second kappa shape index (κ2) is 4.32. The molecule has 2 unspecified atom stereocenters. The molecule has 0 aromatic carbocycles. The van der Waals surface area contributed by atoms with E-state index in [0.717, 1.165) is 13.0 Å². The molecule has 1 saturated heterocycles. The van der Waals surface area contributed by atoms with Crippen LogP contribution in [-0.4, -0.2) is 23.4 Å². The van der Waals surface area contributed by atoms with Crippen molar-refractivity contribution in [2.45, 2.75) is 39.2 Å². The summed E-state index contributed by atoms with van der Waals surface area (Å²) in [5, 5.41) is 0. The van der Waals surface area contributed by atoms with E-state index in [9.17, 15) is 4.79 Å². The predicted molar refractivity (Wildman–Crippen MR) is 53.0 cm³/mol. The number of hydrogen-bond donors (Lipinski definition) is 0. The number of amides is 1. The number of carbonyl (C=O) groups is 1. The zero-order chi connectivity index (χ0) is 9.84. The van der Waals surface area contributed by atoms with Crippen molar-refractivity contribution in [2.75, 3.05) is 6.54 Å². The highest BCUT2D eigenvalue weighted by Gasteiger charge is 2.29. The quantitative estimate of drug-likeness (QED) is 0.590. The van der Waals surface area contributed by atoms with Crippen LogP contribution in [0.15, 0.2) is 0 Å². The van der Waals surface area contributed by atoms with E-state index in [0.29, 0.717) is 24.8 Å². The molecule has 0 spiro atoms. The van der Waals surface area contributed by atoms with E-state index in [2.05, 4.69) is 19.8 Å². The molecule has 0 aliphatic carbocycles. The molecule has 2 nitrogen and oxygen atoms in total. The van der Waals surface area contributed by atoms with Crippen molar-refractivity contribution in [1.29, 1.82) is 0 Å². The van der Waals surface area contributed by atoms with Crippen LogP contribution >= 0.6 is 0 Å². The Morgan fingerprint density at radius 3 is 2.77 bits per heavy atom. The molecule has 0 radical (unpaired) electrons. The first-order chi connectivity index (χ1) is 6.16. The Labute approximate surface area is 80.3 Å². The van der Waals surface area contributed by atoms with Crippen molar-refractivity contribution in [1.82, 2.24) is 4.90 Å². The minimum atomic E-state index is 0.217. The highest BCUT2D eigenvalue weighted by molar-refractivity contribution is 5.77. The lowest BCUT2D eigenvalue weighted by Gasteiger charge is -2.23. The molecular formula is C11H17NO. The van der Waals surface area contributed by atoms with Crippen molar-refractivity contribution >= 4 is 5.91 Å². The molecule has 2 atom stereocenters. The normalized spacial score (nSPS) is 27.3. The number of rotatable bonds is 2. The summed E-state index contributed by atoms with van der Waals surface area (Å²) in [6, 6.07) is 0.394. The van der Waals surface area contributed by atoms with Gasteiger partial charge in [0.15, 0.2) is 0 Å². The average molecular weight is 179 g/mol. The van der Waals surface area contributed by atoms with Gasteiger partial charge in [-0.05, 0) is 19.3 Å². The Bertz CT molecular complexity index is 229. The lowest BCUT2D eigenvalue weighted by atomic mass is 10.1. The molecule has 1 heterocycles. The van der Waals surface area contributed by atoms with Gasteiger partial charge in [-0.15, -0.1) is 12.3 Å². The minimum absolute atomic E-state index is 0.217. The van der Waals surface area contributed by atoms with Crippen LogP contribution in [0.4, 0.5) is 0 Å². The molecule has 0 aromatic rings. The van der Waals surface area contributed by atoms with E-state index in [4.69, 9.17) is 6.42 Å². The van der Waals surface area contributed by atoms with Crippen molar-refractivity contribution in [3.8, 4) is 12.3 Å². The summed E-state index contributed by atoms with van der Waals surface area (Å²) in [6.45, 7) is 5.22. The van der Waals surface area contributed by atoms with E-state index in [1.165, 1.54) is 0 Å². The van der Waals surface area contributed by atoms with E-state index in [1.807, 2.05) is 4.90 Å². The number of likely N-dealkylation sites (tertiary alicyclic amines) is 1.